The maximum atomic E-state index is 12.9. The number of aliphatic imine (C=N–C) groups is 1. The Kier molecular flexibility index (Phi) is 9.91. The van der Waals surface area contributed by atoms with Gasteiger partial charge in [0.25, 0.3) is 0 Å². The van der Waals surface area contributed by atoms with Gasteiger partial charge in [-0.25, -0.2) is 0 Å². The topological polar surface area (TPSA) is 48.9 Å². The van der Waals surface area contributed by atoms with Gasteiger partial charge in [-0.3, -0.25) is 4.99 Å². The van der Waals surface area contributed by atoms with Gasteiger partial charge in [-0.15, -0.1) is 0 Å². The van der Waals surface area contributed by atoms with Crippen LogP contribution in [-0.2, 0) is 10.9 Å². The summed E-state index contributed by atoms with van der Waals surface area (Å²) in [6, 6.07) is 5.98. The second kappa shape index (κ2) is 12.2. The van der Waals surface area contributed by atoms with Crippen molar-refractivity contribution in [2.24, 2.45) is 4.99 Å². The minimum atomic E-state index is -4.31. The summed E-state index contributed by atoms with van der Waals surface area (Å²) in [5, 5.41) is 6.78. The zero-order valence-corrected chi connectivity index (χ0v) is 18.3. The first kappa shape index (κ1) is 24.5. The van der Waals surface area contributed by atoms with E-state index in [1.54, 1.807) is 20.2 Å². The Hall–Kier alpha value is -1.80. The van der Waals surface area contributed by atoms with E-state index in [4.69, 9.17) is 4.74 Å². The molecule has 2 N–H and O–H groups in total. The molecule has 0 spiro atoms. The molecule has 0 bridgehead atoms. The third kappa shape index (κ3) is 8.14. The molecule has 1 unspecified atom stereocenters. The number of likely N-dealkylation sites (tertiary alicyclic amines) is 1. The maximum Gasteiger partial charge on any atom is 0.416 e. The third-order valence-electron chi connectivity index (χ3n) is 5.63. The number of halogens is 3. The standard InChI is InChI=1S/C22H35F3N4O/c1-17(18-6-4-7-19(16-18)22(23,24)25)8-11-27-21(26-2)28-20-9-13-29(14-10-20)12-5-15-30-3/h4,6-7,16-17,20H,5,8-15H2,1-3H3,(H2,26,27,28). The molecule has 1 aliphatic rings. The summed E-state index contributed by atoms with van der Waals surface area (Å²) in [7, 11) is 3.47. The fraction of sp³-hybridized carbons (Fsp3) is 0.682. The number of hydrogen-bond acceptors (Lipinski definition) is 3. The van der Waals surface area contributed by atoms with Gasteiger partial charge in [0.05, 0.1) is 5.56 Å². The first-order valence-corrected chi connectivity index (χ1v) is 10.7. The van der Waals surface area contributed by atoms with E-state index in [1.165, 1.54) is 12.1 Å². The van der Waals surface area contributed by atoms with Crippen LogP contribution in [-0.4, -0.2) is 63.8 Å². The molecule has 1 saturated heterocycles. The summed E-state index contributed by atoms with van der Waals surface area (Å²) >= 11 is 0. The summed E-state index contributed by atoms with van der Waals surface area (Å²) in [4.78, 5) is 6.76. The maximum absolute atomic E-state index is 12.9. The van der Waals surface area contributed by atoms with Crippen LogP contribution in [0.3, 0.4) is 0 Å². The number of nitrogens with one attached hydrogen (secondary N) is 2. The molecule has 2 rings (SSSR count). The highest BCUT2D eigenvalue weighted by molar-refractivity contribution is 5.79. The monoisotopic (exact) mass is 428 g/mol. The molecule has 1 atom stereocenters. The molecular formula is C22H35F3N4O. The summed E-state index contributed by atoms with van der Waals surface area (Å²) in [5.41, 5.74) is 0.112. The van der Waals surface area contributed by atoms with Crippen LogP contribution in [0, 0.1) is 0 Å². The number of piperidine rings is 1. The minimum Gasteiger partial charge on any atom is -0.385 e. The number of rotatable bonds is 9. The van der Waals surface area contributed by atoms with Crippen molar-refractivity contribution in [2.75, 3.05) is 46.9 Å². The van der Waals surface area contributed by atoms with Crippen LogP contribution >= 0.6 is 0 Å². The molecule has 1 aliphatic heterocycles. The second-order valence-corrected chi connectivity index (χ2v) is 7.92. The van der Waals surface area contributed by atoms with Crippen molar-refractivity contribution in [3.05, 3.63) is 35.4 Å². The van der Waals surface area contributed by atoms with E-state index in [-0.39, 0.29) is 5.92 Å². The number of benzene rings is 1. The Labute approximate surface area is 178 Å². The van der Waals surface area contributed by atoms with Gasteiger partial charge in [-0.2, -0.15) is 13.2 Å². The smallest absolute Gasteiger partial charge is 0.385 e. The van der Waals surface area contributed by atoms with Gasteiger partial charge in [-0.05, 0) is 43.2 Å². The average molecular weight is 429 g/mol. The van der Waals surface area contributed by atoms with Gasteiger partial charge in [0.15, 0.2) is 5.96 Å². The lowest BCUT2D eigenvalue weighted by Gasteiger charge is -2.33. The zero-order chi connectivity index (χ0) is 22.0. The Morgan fingerprint density at radius 3 is 2.67 bits per heavy atom. The predicted octanol–water partition coefficient (Wildman–Crippen LogP) is 3.86. The molecular weight excluding hydrogens is 393 g/mol. The molecule has 1 aromatic rings. The lowest BCUT2D eigenvalue weighted by atomic mass is 9.96. The van der Waals surface area contributed by atoms with Crippen molar-refractivity contribution in [3.8, 4) is 0 Å². The van der Waals surface area contributed by atoms with Crippen molar-refractivity contribution < 1.29 is 17.9 Å². The number of ether oxygens (including phenoxy) is 1. The fourth-order valence-electron chi connectivity index (χ4n) is 3.72. The highest BCUT2D eigenvalue weighted by Gasteiger charge is 2.30. The highest BCUT2D eigenvalue weighted by Crippen LogP contribution is 2.31. The third-order valence-corrected chi connectivity index (χ3v) is 5.63. The first-order chi connectivity index (χ1) is 14.3. The van der Waals surface area contributed by atoms with E-state index in [0.717, 1.165) is 64.0 Å². The van der Waals surface area contributed by atoms with Crippen molar-refractivity contribution >= 4 is 5.96 Å². The van der Waals surface area contributed by atoms with Crippen LogP contribution in [0.2, 0.25) is 0 Å². The van der Waals surface area contributed by atoms with Gasteiger partial charge in [0, 0.05) is 53.0 Å². The van der Waals surface area contributed by atoms with E-state index >= 15 is 0 Å². The molecule has 1 heterocycles. The van der Waals surface area contributed by atoms with Crippen molar-refractivity contribution in [3.63, 3.8) is 0 Å². The van der Waals surface area contributed by atoms with E-state index in [1.807, 2.05) is 6.92 Å². The van der Waals surface area contributed by atoms with Gasteiger partial charge in [0.1, 0.15) is 0 Å². The van der Waals surface area contributed by atoms with Gasteiger partial charge in [0.2, 0.25) is 0 Å². The Bertz CT molecular complexity index is 658. The van der Waals surface area contributed by atoms with E-state index in [9.17, 15) is 13.2 Å². The van der Waals surface area contributed by atoms with Crippen LogP contribution in [0.1, 0.15) is 49.7 Å². The quantitative estimate of drug-likeness (QED) is 0.356. The predicted molar refractivity (Wildman–Crippen MR) is 115 cm³/mol. The average Bonchev–Trinajstić information content (AvgIpc) is 2.73. The molecule has 8 heteroatoms. The van der Waals surface area contributed by atoms with Crippen molar-refractivity contribution in [1.82, 2.24) is 15.5 Å². The number of nitrogens with zero attached hydrogens (tertiary/aromatic N) is 2. The van der Waals surface area contributed by atoms with Crippen LogP contribution < -0.4 is 10.6 Å². The molecule has 0 amide bonds. The Balaban J connectivity index is 1.72. The van der Waals surface area contributed by atoms with Crippen molar-refractivity contribution in [2.45, 2.75) is 50.7 Å². The number of methoxy groups -OCH3 is 1. The molecule has 1 fully saturated rings. The number of hydrogen-bond donors (Lipinski definition) is 2. The van der Waals surface area contributed by atoms with Crippen LogP contribution in [0.5, 0.6) is 0 Å². The zero-order valence-electron chi connectivity index (χ0n) is 18.3. The van der Waals surface area contributed by atoms with E-state index in [2.05, 4.69) is 20.5 Å². The van der Waals surface area contributed by atoms with Gasteiger partial charge < -0.3 is 20.3 Å². The van der Waals surface area contributed by atoms with Gasteiger partial charge in [-0.1, -0.05) is 25.1 Å². The molecule has 1 aromatic carbocycles. The van der Waals surface area contributed by atoms with Crippen LogP contribution in [0.25, 0.3) is 0 Å². The number of alkyl halides is 3. The molecule has 0 radical (unpaired) electrons. The molecule has 5 nitrogen and oxygen atoms in total. The van der Waals surface area contributed by atoms with E-state index < -0.39 is 11.7 Å². The Morgan fingerprint density at radius 1 is 1.30 bits per heavy atom. The summed E-state index contributed by atoms with van der Waals surface area (Å²) in [5.74, 6) is 0.775. The minimum absolute atomic E-state index is 0.0215. The largest absolute Gasteiger partial charge is 0.416 e. The Morgan fingerprint density at radius 2 is 2.03 bits per heavy atom. The van der Waals surface area contributed by atoms with Gasteiger partial charge >= 0.3 is 6.18 Å². The lowest BCUT2D eigenvalue weighted by molar-refractivity contribution is -0.137. The first-order valence-electron chi connectivity index (χ1n) is 10.7. The van der Waals surface area contributed by atoms with Crippen molar-refractivity contribution in [1.29, 1.82) is 0 Å². The summed E-state index contributed by atoms with van der Waals surface area (Å²) in [6.07, 6.45) is -0.399. The molecule has 0 saturated carbocycles. The summed E-state index contributed by atoms with van der Waals surface area (Å²) in [6.45, 7) is 6.59. The highest BCUT2D eigenvalue weighted by atomic mass is 19.4. The van der Waals surface area contributed by atoms with Crippen LogP contribution in [0.4, 0.5) is 13.2 Å². The van der Waals surface area contributed by atoms with E-state index in [0.29, 0.717) is 18.2 Å². The summed E-state index contributed by atoms with van der Waals surface area (Å²) < 4.78 is 43.9. The van der Waals surface area contributed by atoms with Crippen LogP contribution in [0.15, 0.2) is 29.3 Å². The molecule has 0 aliphatic carbocycles. The molecule has 170 valence electrons. The molecule has 0 aromatic heterocycles. The normalized spacial score (nSPS) is 17.7. The SMILES string of the molecule is CN=C(NCCC(C)c1cccc(C(F)(F)F)c1)NC1CCN(CCCOC)CC1. The fourth-order valence-corrected chi connectivity index (χ4v) is 3.72. The lowest BCUT2D eigenvalue weighted by Crippen LogP contribution is -2.49. The molecule has 30 heavy (non-hydrogen) atoms. The second-order valence-electron chi connectivity index (χ2n) is 7.92. The number of guanidine groups is 1.